The Balaban J connectivity index is 2.50. The molecule has 3 heteroatoms. The third kappa shape index (κ3) is 1.88. The van der Waals surface area contributed by atoms with Gasteiger partial charge >= 0.3 is 0 Å². The fourth-order valence-corrected chi connectivity index (χ4v) is 2.70. The van der Waals surface area contributed by atoms with Gasteiger partial charge in [-0.25, -0.2) is 0 Å². The quantitative estimate of drug-likeness (QED) is 0.800. The molecule has 1 saturated heterocycles. The SMILES string of the molecule is CCc1cccc(C)c1N1C(=O)CC(C#N)C1C. The minimum absolute atomic E-state index is 0.0334. The molecule has 2 unspecified atom stereocenters. The van der Waals surface area contributed by atoms with Gasteiger partial charge < -0.3 is 4.90 Å². The van der Waals surface area contributed by atoms with Gasteiger partial charge in [0.2, 0.25) is 5.91 Å². The van der Waals surface area contributed by atoms with E-state index in [9.17, 15) is 4.79 Å². The highest BCUT2D eigenvalue weighted by Gasteiger charge is 2.38. The smallest absolute Gasteiger partial charge is 0.228 e. The van der Waals surface area contributed by atoms with E-state index in [-0.39, 0.29) is 17.9 Å². The molecule has 1 fully saturated rings. The molecule has 2 rings (SSSR count). The molecule has 1 amide bonds. The van der Waals surface area contributed by atoms with Crippen LogP contribution in [0, 0.1) is 24.2 Å². The number of hydrogen-bond acceptors (Lipinski definition) is 2. The second-order valence-corrected chi connectivity index (χ2v) is 4.88. The van der Waals surface area contributed by atoms with E-state index in [1.165, 1.54) is 5.56 Å². The summed E-state index contributed by atoms with van der Waals surface area (Å²) < 4.78 is 0. The number of carbonyl (C=O) groups is 1. The van der Waals surface area contributed by atoms with E-state index in [0.29, 0.717) is 6.42 Å². The fraction of sp³-hybridized carbons (Fsp3) is 0.467. The Labute approximate surface area is 108 Å². The molecule has 0 radical (unpaired) electrons. The molecule has 1 aliphatic heterocycles. The first-order valence-corrected chi connectivity index (χ1v) is 6.40. The zero-order valence-corrected chi connectivity index (χ0v) is 11.1. The van der Waals surface area contributed by atoms with Gasteiger partial charge in [0.25, 0.3) is 0 Å². The summed E-state index contributed by atoms with van der Waals surface area (Å²) in [5.41, 5.74) is 3.29. The van der Waals surface area contributed by atoms with Crippen molar-refractivity contribution in [2.45, 2.75) is 39.7 Å². The maximum atomic E-state index is 12.1. The first-order valence-electron chi connectivity index (χ1n) is 6.40. The van der Waals surface area contributed by atoms with Crippen molar-refractivity contribution in [2.24, 2.45) is 5.92 Å². The summed E-state index contributed by atoms with van der Waals surface area (Å²) in [4.78, 5) is 14.0. The highest BCUT2D eigenvalue weighted by atomic mass is 16.2. The summed E-state index contributed by atoms with van der Waals surface area (Å²) in [6.45, 7) is 6.07. The van der Waals surface area contributed by atoms with Gasteiger partial charge in [-0.3, -0.25) is 4.79 Å². The van der Waals surface area contributed by atoms with Crippen molar-refractivity contribution in [3.63, 3.8) is 0 Å². The highest BCUT2D eigenvalue weighted by molar-refractivity contribution is 5.98. The number of benzene rings is 1. The zero-order valence-electron chi connectivity index (χ0n) is 11.1. The van der Waals surface area contributed by atoms with Crippen LogP contribution in [0.3, 0.4) is 0 Å². The number of nitriles is 1. The maximum absolute atomic E-state index is 12.1. The fourth-order valence-electron chi connectivity index (χ4n) is 2.70. The van der Waals surface area contributed by atoms with Crippen LogP contribution >= 0.6 is 0 Å². The Morgan fingerprint density at radius 1 is 1.50 bits per heavy atom. The third-order valence-electron chi connectivity index (χ3n) is 3.76. The van der Waals surface area contributed by atoms with Gasteiger partial charge in [-0.05, 0) is 31.4 Å². The Bertz CT molecular complexity index is 516. The van der Waals surface area contributed by atoms with Crippen molar-refractivity contribution in [2.75, 3.05) is 4.90 Å². The number of amides is 1. The molecule has 18 heavy (non-hydrogen) atoms. The lowest BCUT2D eigenvalue weighted by atomic mass is 10.0. The number of para-hydroxylation sites is 1. The van der Waals surface area contributed by atoms with Crippen molar-refractivity contribution >= 4 is 11.6 Å². The molecule has 0 saturated carbocycles. The van der Waals surface area contributed by atoms with E-state index < -0.39 is 0 Å². The van der Waals surface area contributed by atoms with E-state index in [2.05, 4.69) is 19.1 Å². The highest BCUT2D eigenvalue weighted by Crippen LogP contribution is 2.35. The predicted octanol–water partition coefficient (Wildman–Crippen LogP) is 2.82. The standard InChI is InChI=1S/C15H18N2O/c1-4-12-7-5-6-10(2)15(12)17-11(3)13(9-16)8-14(17)18/h5-7,11,13H,4,8H2,1-3H3. The Morgan fingerprint density at radius 3 is 2.78 bits per heavy atom. The summed E-state index contributed by atoms with van der Waals surface area (Å²) in [5, 5.41) is 9.09. The Kier molecular flexibility index (Phi) is 3.38. The average Bonchev–Trinajstić information content (AvgIpc) is 2.64. The van der Waals surface area contributed by atoms with Crippen LogP contribution in [-0.2, 0) is 11.2 Å². The topological polar surface area (TPSA) is 44.1 Å². The van der Waals surface area contributed by atoms with E-state index in [0.717, 1.165) is 17.7 Å². The molecule has 2 atom stereocenters. The molecule has 1 aromatic rings. The summed E-state index contributed by atoms with van der Waals surface area (Å²) in [5.74, 6) is -0.125. The molecule has 1 aromatic carbocycles. The number of aryl methyl sites for hydroxylation is 2. The number of hydrogen-bond donors (Lipinski definition) is 0. The van der Waals surface area contributed by atoms with E-state index in [4.69, 9.17) is 5.26 Å². The van der Waals surface area contributed by atoms with Crippen LogP contribution in [0.15, 0.2) is 18.2 Å². The molecule has 3 nitrogen and oxygen atoms in total. The predicted molar refractivity (Wildman–Crippen MR) is 71.2 cm³/mol. The van der Waals surface area contributed by atoms with Crippen LogP contribution in [0.5, 0.6) is 0 Å². The van der Waals surface area contributed by atoms with Gasteiger partial charge in [0, 0.05) is 6.42 Å². The molecule has 0 aromatic heterocycles. The van der Waals surface area contributed by atoms with Crippen molar-refractivity contribution in [1.82, 2.24) is 0 Å². The van der Waals surface area contributed by atoms with Crippen LogP contribution in [0.25, 0.3) is 0 Å². The Hall–Kier alpha value is -1.82. The molecular weight excluding hydrogens is 224 g/mol. The molecule has 0 bridgehead atoms. The second kappa shape index (κ2) is 4.81. The number of rotatable bonds is 2. The summed E-state index contributed by atoms with van der Waals surface area (Å²) in [7, 11) is 0. The largest absolute Gasteiger partial charge is 0.308 e. The van der Waals surface area contributed by atoms with Gasteiger partial charge in [-0.15, -0.1) is 0 Å². The van der Waals surface area contributed by atoms with Gasteiger partial charge in [-0.2, -0.15) is 5.26 Å². The summed E-state index contributed by atoms with van der Waals surface area (Å²) in [6, 6.07) is 8.30. The first kappa shape index (κ1) is 12.6. The lowest BCUT2D eigenvalue weighted by Gasteiger charge is -2.27. The minimum atomic E-state index is -0.193. The zero-order chi connectivity index (χ0) is 13.3. The monoisotopic (exact) mass is 242 g/mol. The van der Waals surface area contributed by atoms with Crippen LogP contribution in [-0.4, -0.2) is 11.9 Å². The minimum Gasteiger partial charge on any atom is -0.308 e. The van der Waals surface area contributed by atoms with Crippen LogP contribution in [0.4, 0.5) is 5.69 Å². The van der Waals surface area contributed by atoms with Crippen LogP contribution < -0.4 is 4.90 Å². The van der Waals surface area contributed by atoms with Crippen molar-refractivity contribution in [1.29, 1.82) is 5.26 Å². The average molecular weight is 242 g/mol. The molecule has 0 spiro atoms. The molecular formula is C15H18N2O. The lowest BCUT2D eigenvalue weighted by Crippen LogP contribution is -2.34. The van der Waals surface area contributed by atoms with Gasteiger partial charge in [0.1, 0.15) is 0 Å². The van der Waals surface area contributed by atoms with Crippen LogP contribution in [0.1, 0.15) is 31.4 Å². The third-order valence-corrected chi connectivity index (χ3v) is 3.76. The first-order chi connectivity index (χ1) is 8.60. The molecule has 94 valence electrons. The number of anilines is 1. The lowest BCUT2D eigenvalue weighted by molar-refractivity contribution is -0.117. The summed E-state index contributed by atoms with van der Waals surface area (Å²) in [6.07, 6.45) is 1.24. The Morgan fingerprint density at radius 2 is 2.22 bits per heavy atom. The molecule has 0 N–H and O–H groups in total. The van der Waals surface area contributed by atoms with Gasteiger partial charge in [0.05, 0.1) is 23.7 Å². The molecule has 1 heterocycles. The number of nitrogens with zero attached hydrogens (tertiary/aromatic N) is 2. The summed E-state index contributed by atoms with van der Waals surface area (Å²) >= 11 is 0. The normalized spacial score (nSPS) is 23.2. The van der Waals surface area contributed by atoms with Crippen molar-refractivity contribution in [3.8, 4) is 6.07 Å². The van der Waals surface area contributed by atoms with Crippen molar-refractivity contribution in [3.05, 3.63) is 29.3 Å². The molecule has 1 aliphatic rings. The van der Waals surface area contributed by atoms with Gasteiger partial charge in [0.15, 0.2) is 0 Å². The maximum Gasteiger partial charge on any atom is 0.228 e. The van der Waals surface area contributed by atoms with E-state index in [1.54, 1.807) is 0 Å². The van der Waals surface area contributed by atoms with E-state index in [1.807, 2.05) is 30.9 Å². The van der Waals surface area contributed by atoms with Crippen molar-refractivity contribution < 1.29 is 4.79 Å². The second-order valence-electron chi connectivity index (χ2n) is 4.88. The van der Waals surface area contributed by atoms with E-state index >= 15 is 0 Å². The van der Waals surface area contributed by atoms with Crippen LogP contribution in [0.2, 0.25) is 0 Å². The molecule has 0 aliphatic carbocycles. The van der Waals surface area contributed by atoms with Gasteiger partial charge in [-0.1, -0.05) is 25.1 Å². The number of carbonyl (C=O) groups excluding carboxylic acids is 1.